The summed E-state index contributed by atoms with van der Waals surface area (Å²) in [6, 6.07) is 16.7. The number of benzene rings is 3. The number of hydrogen-bond acceptors (Lipinski definition) is 3. The van der Waals surface area contributed by atoms with E-state index < -0.39 is 29.1 Å². The molecule has 0 aromatic heterocycles. The standard InChI is InChI=1S/C23H19Cl2F2NO3/c24-14-16(28-23(29)22-18(26)4-3-5-19(22)27)12-13-30-20-6-1-2-7-21(20)31-17-10-8-15(25)9-11-17/h1-11,16H,12-14H2,(H,28,29). The molecular weight excluding hydrogens is 447 g/mol. The molecule has 0 aliphatic carbocycles. The molecule has 1 amide bonds. The zero-order chi connectivity index (χ0) is 22.2. The van der Waals surface area contributed by atoms with Gasteiger partial charge in [-0.05, 0) is 48.5 Å². The van der Waals surface area contributed by atoms with Gasteiger partial charge in [0.15, 0.2) is 11.5 Å². The summed E-state index contributed by atoms with van der Waals surface area (Å²) >= 11 is 11.8. The Bertz CT molecular complexity index is 1010. The molecule has 0 fully saturated rings. The van der Waals surface area contributed by atoms with Crippen molar-refractivity contribution in [2.24, 2.45) is 0 Å². The third-order valence-corrected chi connectivity index (χ3v) is 4.95. The van der Waals surface area contributed by atoms with Crippen LogP contribution in [0.15, 0.2) is 66.7 Å². The van der Waals surface area contributed by atoms with Crippen LogP contribution in [0.3, 0.4) is 0 Å². The van der Waals surface area contributed by atoms with E-state index in [4.69, 9.17) is 32.7 Å². The molecule has 1 N–H and O–H groups in total. The van der Waals surface area contributed by atoms with E-state index >= 15 is 0 Å². The van der Waals surface area contributed by atoms with Crippen molar-refractivity contribution in [3.63, 3.8) is 0 Å². The van der Waals surface area contributed by atoms with Crippen LogP contribution in [-0.2, 0) is 0 Å². The molecule has 3 aromatic carbocycles. The van der Waals surface area contributed by atoms with Crippen LogP contribution in [0.25, 0.3) is 0 Å². The lowest BCUT2D eigenvalue weighted by Gasteiger charge is -2.18. The minimum Gasteiger partial charge on any atom is -0.490 e. The molecule has 0 radical (unpaired) electrons. The molecule has 0 spiro atoms. The second-order valence-corrected chi connectivity index (χ2v) is 7.31. The summed E-state index contributed by atoms with van der Waals surface area (Å²) in [4.78, 5) is 12.3. The second-order valence-electron chi connectivity index (χ2n) is 6.56. The normalized spacial score (nSPS) is 11.6. The molecule has 4 nitrogen and oxygen atoms in total. The van der Waals surface area contributed by atoms with Crippen LogP contribution in [0, 0.1) is 11.6 Å². The lowest BCUT2D eigenvalue weighted by Crippen LogP contribution is -2.38. The zero-order valence-corrected chi connectivity index (χ0v) is 17.8. The average molecular weight is 466 g/mol. The zero-order valence-electron chi connectivity index (χ0n) is 16.3. The van der Waals surface area contributed by atoms with Crippen molar-refractivity contribution in [3.8, 4) is 17.2 Å². The van der Waals surface area contributed by atoms with Crippen molar-refractivity contribution in [3.05, 3.63) is 89.0 Å². The maximum Gasteiger partial charge on any atom is 0.257 e. The Morgan fingerprint density at radius 1 is 0.935 bits per heavy atom. The quantitative estimate of drug-likeness (QED) is 0.381. The number of carbonyl (C=O) groups excluding carboxylic acids is 1. The SMILES string of the molecule is O=C(NC(CCl)CCOc1ccccc1Oc1ccc(Cl)cc1)c1c(F)cccc1F. The first-order chi connectivity index (χ1) is 15.0. The smallest absolute Gasteiger partial charge is 0.257 e. The molecule has 0 saturated carbocycles. The lowest BCUT2D eigenvalue weighted by molar-refractivity contribution is 0.0927. The van der Waals surface area contributed by atoms with Gasteiger partial charge in [0.25, 0.3) is 5.91 Å². The Morgan fingerprint density at radius 2 is 1.58 bits per heavy atom. The molecule has 0 saturated heterocycles. The highest BCUT2D eigenvalue weighted by Gasteiger charge is 2.20. The molecule has 8 heteroatoms. The number of rotatable bonds is 9. The van der Waals surface area contributed by atoms with Crippen molar-refractivity contribution in [2.45, 2.75) is 12.5 Å². The summed E-state index contributed by atoms with van der Waals surface area (Å²) < 4.78 is 39.2. The summed E-state index contributed by atoms with van der Waals surface area (Å²) in [5.74, 6) is -1.09. The molecule has 0 heterocycles. The van der Waals surface area contributed by atoms with Gasteiger partial charge in [0.05, 0.1) is 6.61 Å². The predicted octanol–water partition coefficient (Wildman–Crippen LogP) is 6.22. The second kappa shape index (κ2) is 11.0. The van der Waals surface area contributed by atoms with Crippen LogP contribution in [-0.4, -0.2) is 24.4 Å². The number of halogens is 4. The van der Waals surface area contributed by atoms with Crippen molar-refractivity contribution in [1.29, 1.82) is 0 Å². The third kappa shape index (κ3) is 6.32. The highest BCUT2D eigenvalue weighted by atomic mass is 35.5. The van der Waals surface area contributed by atoms with E-state index in [1.807, 2.05) is 6.07 Å². The van der Waals surface area contributed by atoms with Gasteiger partial charge in [-0.1, -0.05) is 29.8 Å². The first-order valence-corrected chi connectivity index (χ1v) is 10.3. The fourth-order valence-corrected chi connectivity index (χ4v) is 3.11. The predicted molar refractivity (Wildman–Crippen MR) is 116 cm³/mol. The number of alkyl halides is 1. The minimum atomic E-state index is -0.935. The summed E-state index contributed by atoms with van der Waals surface area (Å²) in [5.41, 5.74) is -0.639. The first kappa shape index (κ1) is 22.8. The number of nitrogens with one attached hydrogen (secondary N) is 1. The molecule has 0 aliphatic rings. The Hall–Kier alpha value is -2.83. The largest absolute Gasteiger partial charge is 0.490 e. The van der Waals surface area contributed by atoms with E-state index in [2.05, 4.69) is 5.32 Å². The first-order valence-electron chi connectivity index (χ1n) is 9.44. The molecule has 3 aromatic rings. The van der Waals surface area contributed by atoms with Gasteiger partial charge < -0.3 is 14.8 Å². The van der Waals surface area contributed by atoms with Gasteiger partial charge >= 0.3 is 0 Å². The lowest BCUT2D eigenvalue weighted by atomic mass is 10.1. The Labute approximate surface area is 188 Å². The topological polar surface area (TPSA) is 47.6 Å². The van der Waals surface area contributed by atoms with Gasteiger partial charge in [0, 0.05) is 23.4 Å². The van der Waals surface area contributed by atoms with Crippen LogP contribution in [0.1, 0.15) is 16.8 Å². The maximum atomic E-state index is 13.8. The van der Waals surface area contributed by atoms with Gasteiger partial charge in [-0.3, -0.25) is 4.79 Å². The van der Waals surface area contributed by atoms with E-state index in [1.165, 1.54) is 6.07 Å². The van der Waals surface area contributed by atoms with Gasteiger partial charge in [-0.15, -0.1) is 11.6 Å². The van der Waals surface area contributed by atoms with E-state index in [0.29, 0.717) is 28.7 Å². The van der Waals surface area contributed by atoms with Gasteiger partial charge in [0.1, 0.15) is 22.9 Å². The Kier molecular flexibility index (Phi) is 8.09. The van der Waals surface area contributed by atoms with Crippen LogP contribution in [0.2, 0.25) is 5.02 Å². The van der Waals surface area contributed by atoms with Crippen LogP contribution >= 0.6 is 23.2 Å². The Morgan fingerprint density at radius 3 is 2.23 bits per heavy atom. The maximum absolute atomic E-state index is 13.8. The van der Waals surface area contributed by atoms with Crippen LogP contribution in [0.4, 0.5) is 8.78 Å². The molecule has 162 valence electrons. The molecular formula is C23H19Cl2F2NO3. The molecule has 0 bridgehead atoms. The van der Waals surface area contributed by atoms with Gasteiger partial charge in [-0.25, -0.2) is 8.78 Å². The molecule has 3 rings (SSSR count). The van der Waals surface area contributed by atoms with Crippen molar-refractivity contribution < 1.29 is 23.0 Å². The molecule has 31 heavy (non-hydrogen) atoms. The third-order valence-electron chi connectivity index (χ3n) is 4.33. The molecule has 0 aliphatic heterocycles. The van der Waals surface area contributed by atoms with Crippen molar-refractivity contribution in [1.82, 2.24) is 5.32 Å². The number of amides is 1. The number of ether oxygens (including phenoxy) is 2. The van der Waals surface area contributed by atoms with Crippen molar-refractivity contribution in [2.75, 3.05) is 12.5 Å². The summed E-state index contributed by atoms with van der Waals surface area (Å²) in [5, 5.41) is 3.13. The van der Waals surface area contributed by atoms with Crippen LogP contribution < -0.4 is 14.8 Å². The van der Waals surface area contributed by atoms with Crippen LogP contribution in [0.5, 0.6) is 17.2 Å². The number of hydrogen-bond donors (Lipinski definition) is 1. The Balaban J connectivity index is 1.58. The summed E-state index contributed by atoms with van der Waals surface area (Å²) in [6.07, 6.45) is 0.320. The monoisotopic (exact) mass is 465 g/mol. The highest BCUT2D eigenvalue weighted by Crippen LogP contribution is 2.31. The summed E-state index contributed by atoms with van der Waals surface area (Å²) in [6.45, 7) is 0.193. The fourth-order valence-electron chi connectivity index (χ4n) is 2.75. The fraction of sp³-hybridized carbons (Fsp3) is 0.174. The number of carbonyl (C=O) groups is 1. The summed E-state index contributed by atoms with van der Waals surface area (Å²) in [7, 11) is 0. The average Bonchev–Trinajstić information content (AvgIpc) is 2.75. The van der Waals surface area contributed by atoms with E-state index in [-0.39, 0.29) is 12.5 Å². The van der Waals surface area contributed by atoms with Crippen molar-refractivity contribution >= 4 is 29.1 Å². The van der Waals surface area contributed by atoms with E-state index in [0.717, 1.165) is 12.1 Å². The minimum absolute atomic E-state index is 0.0497. The van der Waals surface area contributed by atoms with Gasteiger partial charge in [0.2, 0.25) is 0 Å². The van der Waals surface area contributed by atoms with E-state index in [1.54, 1.807) is 42.5 Å². The van der Waals surface area contributed by atoms with E-state index in [9.17, 15) is 13.6 Å². The number of para-hydroxylation sites is 2. The highest BCUT2D eigenvalue weighted by molar-refractivity contribution is 6.30. The van der Waals surface area contributed by atoms with Gasteiger partial charge in [-0.2, -0.15) is 0 Å². The molecule has 1 atom stereocenters. The molecule has 1 unspecified atom stereocenters.